The van der Waals surface area contributed by atoms with E-state index in [4.69, 9.17) is 9.47 Å². The van der Waals surface area contributed by atoms with E-state index in [1.54, 1.807) is 4.90 Å². The van der Waals surface area contributed by atoms with Gasteiger partial charge in [-0.15, -0.1) is 0 Å². The van der Waals surface area contributed by atoms with Crippen LogP contribution in [0.25, 0.3) is 0 Å². The summed E-state index contributed by atoms with van der Waals surface area (Å²) >= 11 is 0. The molecule has 0 aromatic rings. The van der Waals surface area contributed by atoms with E-state index < -0.39 is 17.7 Å². The van der Waals surface area contributed by atoms with Crippen LogP contribution in [0, 0.1) is 16.7 Å². The molecule has 0 aromatic carbocycles. The average Bonchev–Trinajstić information content (AvgIpc) is 2.70. The van der Waals surface area contributed by atoms with Crippen molar-refractivity contribution < 1.29 is 19.1 Å². The number of nitriles is 1. The molecular formula is C20H34N4O4. The summed E-state index contributed by atoms with van der Waals surface area (Å²) in [5.41, 5.74) is -1.07. The van der Waals surface area contributed by atoms with Gasteiger partial charge in [-0.25, -0.2) is 4.79 Å². The topological polar surface area (TPSA) is 94.9 Å². The zero-order valence-corrected chi connectivity index (χ0v) is 17.6. The van der Waals surface area contributed by atoms with Gasteiger partial charge in [-0.05, 0) is 31.7 Å². The van der Waals surface area contributed by atoms with E-state index in [1.165, 1.54) is 0 Å². The fourth-order valence-electron chi connectivity index (χ4n) is 3.36. The Balaban J connectivity index is 2.09. The molecule has 0 radical (unpaired) electrons. The number of rotatable bonds is 6. The van der Waals surface area contributed by atoms with Gasteiger partial charge in [0.15, 0.2) is 6.10 Å². The summed E-state index contributed by atoms with van der Waals surface area (Å²) in [4.78, 5) is 29.3. The summed E-state index contributed by atoms with van der Waals surface area (Å²) in [6, 6.07) is 2.29. The van der Waals surface area contributed by atoms with Crippen LogP contribution in [0.15, 0.2) is 0 Å². The average molecular weight is 395 g/mol. The van der Waals surface area contributed by atoms with Gasteiger partial charge in [-0.2, -0.15) is 5.26 Å². The van der Waals surface area contributed by atoms with Crippen LogP contribution < -0.4 is 5.32 Å². The molecule has 2 aliphatic heterocycles. The first kappa shape index (κ1) is 22.4. The minimum atomic E-state index is -0.921. The van der Waals surface area contributed by atoms with Crippen LogP contribution in [-0.4, -0.2) is 79.9 Å². The number of ether oxygens (including phenoxy) is 2. The Morgan fingerprint density at radius 2 is 1.86 bits per heavy atom. The second-order valence-corrected chi connectivity index (χ2v) is 8.68. The Labute approximate surface area is 168 Å². The predicted molar refractivity (Wildman–Crippen MR) is 105 cm³/mol. The lowest BCUT2D eigenvalue weighted by molar-refractivity contribution is -0.134. The number of hydrogen-bond donors (Lipinski definition) is 1. The van der Waals surface area contributed by atoms with E-state index in [9.17, 15) is 14.9 Å². The van der Waals surface area contributed by atoms with Gasteiger partial charge in [0.1, 0.15) is 5.54 Å². The highest BCUT2D eigenvalue weighted by Gasteiger charge is 2.39. The Kier molecular flexibility index (Phi) is 7.67. The molecule has 2 aliphatic rings. The molecule has 0 bridgehead atoms. The van der Waals surface area contributed by atoms with Crippen LogP contribution in [-0.2, 0) is 14.3 Å². The first-order valence-corrected chi connectivity index (χ1v) is 10.2. The first-order valence-electron chi connectivity index (χ1n) is 10.2. The van der Waals surface area contributed by atoms with Crippen molar-refractivity contribution >= 4 is 12.0 Å². The molecule has 1 unspecified atom stereocenters. The predicted octanol–water partition coefficient (Wildman–Crippen LogP) is 1.75. The maximum Gasteiger partial charge on any atom is 0.410 e. The normalized spacial score (nSPS) is 21.5. The Bertz CT molecular complexity index is 588. The molecule has 2 amide bonds. The number of morpholine rings is 1. The second-order valence-electron chi connectivity index (χ2n) is 8.68. The summed E-state index contributed by atoms with van der Waals surface area (Å²) < 4.78 is 10.9. The van der Waals surface area contributed by atoms with E-state index in [-0.39, 0.29) is 11.3 Å². The van der Waals surface area contributed by atoms with Crippen molar-refractivity contribution in [2.24, 2.45) is 5.41 Å². The van der Waals surface area contributed by atoms with Crippen LogP contribution in [0.2, 0.25) is 0 Å². The van der Waals surface area contributed by atoms with Crippen molar-refractivity contribution in [2.75, 3.05) is 46.4 Å². The van der Waals surface area contributed by atoms with E-state index in [0.717, 1.165) is 19.5 Å². The molecule has 8 heteroatoms. The summed E-state index contributed by atoms with van der Waals surface area (Å²) in [5.74, 6) is -0.380. The molecule has 1 N–H and O–H groups in total. The first-order chi connectivity index (χ1) is 13.2. The molecule has 28 heavy (non-hydrogen) atoms. The van der Waals surface area contributed by atoms with Crippen LogP contribution in [0.1, 0.15) is 46.5 Å². The number of carbonyl (C=O) groups excluding carboxylic acids is 2. The van der Waals surface area contributed by atoms with Gasteiger partial charge in [0.2, 0.25) is 0 Å². The Hall–Kier alpha value is -1.85. The number of nitrogens with one attached hydrogen (secondary N) is 1. The summed E-state index contributed by atoms with van der Waals surface area (Å²) in [6.45, 7) is 9.48. The van der Waals surface area contributed by atoms with Crippen molar-refractivity contribution in [3.05, 3.63) is 0 Å². The fraction of sp³-hybridized carbons (Fsp3) is 0.850. The molecule has 2 saturated heterocycles. The molecule has 0 aliphatic carbocycles. The van der Waals surface area contributed by atoms with Gasteiger partial charge in [0.25, 0.3) is 5.91 Å². The van der Waals surface area contributed by atoms with E-state index in [2.05, 4.69) is 16.3 Å². The number of hydrogen-bond acceptors (Lipinski definition) is 6. The number of nitrogens with zero attached hydrogens (tertiary/aromatic N) is 3. The summed E-state index contributed by atoms with van der Waals surface area (Å²) in [6.07, 6.45) is 0.965. The van der Waals surface area contributed by atoms with Gasteiger partial charge in [-0.3, -0.25) is 4.79 Å². The number of carbonyl (C=O) groups is 2. The molecule has 0 saturated carbocycles. The van der Waals surface area contributed by atoms with Crippen molar-refractivity contribution in [2.45, 2.75) is 58.1 Å². The van der Waals surface area contributed by atoms with E-state index in [0.29, 0.717) is 45.6 Å². The van der Waals surface area contributed by atoms with Crippen LogP contribution in [0.3, 0.4) is 0 Å². The quantitative estimate of drug-likeness (QED) is 0.738. The molecular weight excluding hydrogens is 360 g/mol. The van der Waals surface area contributed by atoms with Crippen molar-refractivity contribution in [1.29, 1.82) is 5.26 Å². The Morgan fingerprint density at radius 1 is 1.25 bits per heavy atom. The van der Waals surface area contributed by atoms with Gasteiger partial charge >= 0.3 is 6.09 Å². The third-order valence-electron chi connectivity index (χ3n) is 5.92. The minimum Gasteiger partial charge on any atom is -0.436 e. The molecule has 2 rings (SSSR count). The van der Waals surface area contributed by atoms with E-state index in [1.807, 2.05) is 27.8 Å². The number of piperidine rings is 1. The highest BCUT2D eigenvalue weighted by Crippen LogP contribution is 2.29. The van der Waals surface area contributed by atoms with Crippen LogP contribution in [0.4, 0.5) is 4.79 Å². The number of amides is 2. The maximum atomic E-state index is 13.1. The van der Waals surface area contributed by atoms with Gasteiger partial charge in [0, 0.05) is 26.2 Å². The molecule has 8 nitrogen and oxygen atoms in total. The molecule has 2 fully saturated rings. The molecule has 158 valence electrons. The molecule has 0 spiro atoms. The third-order valence-corrected chi connectivity index (χ3v) is 5.92. The lowest BCUT2D eigenvalue weighted by atomic mass is 9.83. The summed E-state index contributed by atoms with van der Waals surface area (Å²) in [7, 11) is 2.00. The lowest BCUT2D eigenvalue weighted by Gasteiger charge is -2.37. The van der Waals surface area contributed by atoms with E-state index >= 15 is 0 Å². The highest BCUT2D eigenvalue weighted by atomic mass is 16.6. The monoisotopic (exact) mass is 394 g/mol. The molecule has 1 atom stereocenters. The zero-order chi connectivity index (χ0) is 20.8. The lowest BCUT2D eigenvalue weighted by Crippen LogP contribution is -2.57. The van der Waals surface area contributed by atoms with Crippen molar-refractivity contribution in [1.82, 2.24) is 15.1 Å². The van der Waals surface area contributed by atoms with Crippen molar-refractivity contribution in [3.8, 4) is 6.07 Å². The molecule has 0 aromatic heterocycles. The SMILES string of the molecule is CCC(C)(C)CC(OC(=O)N1CCOCC1)C(=O)NC1(C#N)CCN(C)CC1. The van der Waals surface area contributed by atoms with Crippen LogP contribution >= 0.6 is 0 Å². The number of likely N-dealkylation sites (tertiary alicyclic amines) is 1. The Morgan fingerprint density at radius 3 is 2.39 bits per heavy atom. The zero-order valence-electron chi connectivity index (χ0n) is 17.6. The minimum absolute atomic E-state index is 0.167. The van der Waals surface area contributed by atoms with Gasteiger partial charge in [0.05, 0.1) is 19.3 Å². The molecule has 2 heterocycles. The van der Waals surface area contributed by atoms with Gasteiger partial charge in [-0.1, -0.05) is 27.2 Å². The smallest absolute Gasteiger partial charge is 0.410 e. The second kappa shape index (κ2) is 9.57. The highest BCUT2D eigenvalue weighted by molar-refractivity contribution is 5.84. The largest absolute Gasteiger partial charge is 0.436 e. The maximum absolute atomic E-state index is 13.1. The van der Waals surface area contributed by atoms with Gasteiger partial charge < -0.3 is 24.6 Å². The third kappa shape index (κ3) is 6.08. The van der Waals surface area contributed by atoms with Crippen LogP contribution in [0.5, 0.6) is 0 Å². The fourth-order valence-corrected chi connectivity index (χ4v) is 3.36. The van der Waals surface area contributed by atoms with Crippen molar-refractivity contribution in [3.63, 3.8) is 0 Å². The summed E-state index contributed by atoms with van der Waals surface area (Å²) in [5, 5.41) is 12.6. The standard InChI is InChI=1S/C20H34N4O4/c1-5-19(2,3)14-16(28-18(26)24-10-12-27-13-11-24)17(25)22-20(15-21)6-8-23(4)9-7-20/h16H,5-14H2,1-4H3,(H,22,25).